The van der Waals surface area contributed by atoms with Crippen LogP contribution >= 0.6 is 0 Å². The third kappa shape index (κ3) is 4.95. The first-order valence-corrected chi connectivity index (χ1v) is 14.8. The number of benzene rings is 3. The van der Waals surface area contributed by atoms with Crippen LogP contribution in [0, 0.1) is 0 Å². The summed E-state index contributed by atoms with van der Waals surface area (Å²) in [6.45, 7) is 5.94. The predicted octanol–water partition coefficient (Wildman–Crippen LogP) is 4.36. The minimum atomic E-state index is -4.23. The van der Waals surface area contributed by atoms with E-state index in [1.807, 2.05) is 50.2 Å². The van der Waals surface area contributed by atoms with Gasteiger partial charge in [-0.25, -0.2) is 8.42 Å². The number of ketones is 2. The standard InChI is InChI=1S/C31H33N3O4S/c1-3-32(4-2)28-29(35)25-17-11-12-18-26(25)30(36)31(28)39(37,38)34-21-19-33(20-22-34)27(23-13-7-5-8-14-23)24-15-9-6-10-16-24/h5-18,27H,3-4,19-22H2,1-2H3. The van der Waals surface area contributed by atoms with Crippen LogP contribution < -0.4 is 0 Å². The molecule has 39 heavy (non-hydrogen) atoms. The number of fused-ring (bicyclic) bond motifs is 1. The second-order valence-corrected chi connectivity index (χ2v) is 11.6. The fraction of sp³-hybridized carbons (Fsp3) is 0.290. The number of carbonyl (C=O) groups is 2. The Hall–Kier alpha value is -3.59. The highest BCUT2D eigenvalue weighted by atomic mass is 32.2. The van der Waals surface area contributed by atoms with Gasteiger partial charge in [-0.1, -0.05) is 84.9 Å². The first kappa shape index (κ1) is 27.0. The lowest BCUT2D eigenvalue weighted by Crippen LogP contribution is -2.51. The maximum absolute atomic E-state index is 14.1. The molecule has 0 unspecified atom stereocenters. The van der Waals surface area contributed by atoms with Gasteiger partial charge in [-0.15, -0.1) is 0 Å². The van der Waals surface area contributed by atoms with Gasteiger partial charge < -0.3 is 4.90 Å². The summed E-state index contributed by atoms with van der Waals surface area (Å²) in [5, 5.41) is 0. The first-order chi connectivity index (χ1) is 18.9. The zero-order chi connectivity index (χ0) is 27.6. The van der Waals surface area contributed by atoms with Gasteiger partial charge in [0.15, 0.2) is 4.91 Å². The molecule has 0 bridgehead atoms. The van der Waals surface area contributed by atoms with Crippen molar-refractivity contribution >= 4 is 21.6 Å². The van der Waals surface area contributed by atoms with E-state index in [4.69, 9.17) is 0 Å². The third-order valence-electron chi connectivity index (χ3n) is 7.60. The van der Waals surface area contributed by atoms with Crippen molar-refractivity contribution < 1.29 is 18.0 Å². The van der Waals surface area contributed by atoms with Crippen LogP contribution in [0.1, 0.15) is 51.7 Å². The van der Waals surface area contributed by atoms with Crippen LogP contribution in [0.5, 0.6) is 0 Å². The molecule has 1 heterocycles. The molecule has 202 valence electrons. The number of Topliss-reactive ketones (excluding diaryl/α,β-unsaturated/α-hetero) is 2. The van der Waals surface area contributed by atoms with Gasteiger partial charge in [0.2, 0.25) is 21.6 Å². The van der Waals surface area contributed by atoms with Crippen LogP contribution in [0.25, 0.3) is 0 Å². The topological polar surface area (TPSA) is 78.0 Å². The van der Waals surface area contributed by atoms with E-state index in [1.165, 1.54) is 10.4 Å². The maximum Gasteiger partial charge on any atom is 0.249 e. The Bertz CT molecular complexity index is 1450. The van der Waals surface area contributed by atoms with Crippen LogP contribution in [0.3, 0.4) is 0 Å². The van der Waals surface area contributed by atoms with Gasteiger partial charge >= 0.3 is 0 Å². The Morgan fingerprint density at radius 2 is 1.15 bits per heavy atom. The summed E-state index contributed by atoms with van der Waals surface area (Å²) in [5.74, 6) is -1.03. The second-order valence-electron chi connectivity index (χ2n) is 9.72. The van der Waals surface area contributed by atoms with Gasteiger partial charge in [0.05, 0.1) is 6.04 Å². The smallest absolute Gasteiger partial charge is 0.249 e. The van der Waals surface area contributed by atoms with Crippen molar-refractivity contribution in [3.05, 3.63) is 118 Å². The molecule has 0 atom stereocenters. The number of hydrogen-bond acceptors (Lipinski definition) is 6. The van der Waals surface area contributed by atoms with E-state index in [0.717, 1.165) is 11.1 Å². The van der Waals surface area contributed by atoms with Crippen molar-refractivity contribution in [2.45, 2.75) is 19.9 Å². The molecule has 0 radical (unpaired) electrons. The summed E-state index contributed by atoms with van der Waals surface area (Å²) in [6.07, 6.45) is 0. The van der Waals surface area contributed by atoms with Gasteiger partial charge in [-0.2, -0.15) is 4.31 Å². The molecule has 1 aliphatic carbocycles. The average Bonchev–Trinajstić information content (AvgIpc) is 2.97. The molecule has 1 fully saturated rings. The molecular weight excluding hydrogens is 510 g/mol. The molecule has 1 saturated heterocycles. The summed E-state index contributed by atoms with van der Waals surface area (Å²) in [4.78, 5) is 30.8. The average molecular weight is 544 g/mol. The second kappa shape index (κ2) is 11.3. The number of carbonyl (C=O) groups excluding carboxylic acids is 2. The minimum Gasteiger partial charge on any atom is -0.368 e. The molecule has 7 nitrogen and oxygen atoms in total. The van der Waals surface area contributed by atoms with E-state index in [9.17, 15) is 18.0 Å². The molecule has 0 amide bonds. The highest BCUT2D eigenvalue weighted by Gasteiger charge is 2.44. The molecule has 3 aromatic rings. The van der Waals surface area contributed by atoms with E-state index in [2.05, 4.69) is 29.2 Å². The van der Waals surface area contributed by atoms with Crippen molar-refractivity contribution in [1.82, 2.24) is 14.1 Å². The number of piperazine rings is 1. The van der Waals surface area contributed by atoms with E-state index in [-0.39, 0.29) is 36.0 Å². The summed E-state index contributed by atoms with van der Waals surface area (Å²) >= 11 is 0. The molecule has 0 aromatic heterocycles. The largest absolute Gasteiger partial charge is 0.368 e. The quantitative estimate of drug-likeness (QED) is 0.420. The maximum atomic E-state index is 14.1. The van der Waals surface area contributed by atoms with Gasteiger partial charge in [0, 0.05) is 50.4 Å². The molecule has 2 aliphatic rings. The predicted molar refractivity (Wildman–Crippen MR) is 152 cm³/mol. The Morgan fingerprint density at radius 3 is 1.64 bits per heavy atom. The Morgan fingerprint density at radius 1 is 0.692 bits per heavy atom. The first-order valence-electron chi connectivity index (χ1n) is 13.4. The lowest BCUT2D eigenvalue weighted by Gasteiger charge is -2.40. The van der Waals surface area contributed by atoms with Gasteiger partial charge in [0.1, 0.15) is 5.70 Å². The number of rotatable bonds is 8. The van der Waals surface area contributed by atoms with Gasteiger partial charge in [-0.3, -0.25) is 14.5 Å². The molecule has 8 heteroatoms. The number of hydrogen-bond donors (Lipinski definition) is 0. The summed E-state index contributed by atoms with van der Waals surface area (Å²) in [6, 6.07) is 26.8. The fourth-order valence-electron chi connectivity index (χ4n) is 5.62. The van der Waals surface area contributed by atoms with Crippen molar-refractivity contribution in [3.63, 3.8) is 0 Å². The van der Waals surface area contributed by atoms with E-state index in [0.29, 0.717) is 26.2 Å². The molecule has 0 N–H and O–H groups in total. The van der Waals surface area contributed by atoms with Crippen molar-refractivity contribution in [1.29, 1.82) is 0 Å². The van der Waals surface area contributed by atoms with Crippen LogP contribution in [0.4, 0.5) is 0 Å². The number of nitrogens with zero attached hydrogens (tertiary/aromatic N) is 3. The monoisotopic (exact) mass is 543 g/mol. The molecule has 5 rings (SSSR count). The lowest BCUT2D eigenvalue weighted by atomic mass is 9.92. The van der Waals surface area contributed by atoms with E-state index < -0.39 is 26.5 Å². The molecular formula is C31H33N3O4S. The summed E-state index contributed by atoms with van der Waals surface area (Å²) < 4.78 is 29.6. The van der Waals surface area contributed by atoms with Crippen LogP contribution in [-0.4, -0.2) is 73.4 Å². The summed E-state index contributed by atoms with van der Waals surface area (Å²) in [7, 11) is -4.23. The highest BCUT2D eigenvalue weighted by molar-refractivity contribution is 7.94. The number of allylic oxidation sites excluding steroid dienone is 2. The van der Waals surface area contributed by atoms with Gasteiger partial charge in [-0.05, 0) is 25.0 Å². The van der Waals surface area contributed by atoms with Crippen molar-refractivity contribution in [2.75, 3.05) is 39.3 Å². The Balaban J connectivity index is 1.48. The normalized spacial score (nSPS) is 17.0. The number of likely N-dealkylation sites (N-methyl/N-ethyl adjacent to an activating group) is 1. The van der Waals surface area contributed by atoms with Crippen LogP contribution in [0.15, 0.2) is 95.5 Å². The zero-order valence-electron chi connectivity index (χ0n) is 22.3. The Kier molecular flexibility index (Phi) is 7.79. The van der Waals surface area contributed by atoms with E-state index in [1.54, 1.807) is 23.1 Å². The van der Waals surface area contributed by atoms with Crippen LogP contribution in [-0.2, 0) is 10.0 Å². The fourth-order valence-corrected chi connectivity index (χ4v) is 7.33. The van der Waals surface area contributed by atoms with Gasteiger partial charge in [0.25, 0.3) is 0 Å². The molecule has 0 spiro atoms. The third-order valence-corrected chi connectivity index (χ3v) is 9.54. The Labute approximate surface area is 230 Å². The van der Waals surface area contributed by atoms with Crippen molar-refractivity contribution in [3.8, 4) is 0 Å². The molecule has 1 aliphatic heterocycles. The summed E-state index contributed by atoms with van der Waals surface area (Å²) in [5.41, 5.74) is 2.65. The molecule has 3 aromatic carbocycles. The van der Waals surface area contributed by atoms with E-state index >= 15 is 0 Å². The number of sulfonamides is 1. The van der Waals surface area contributed by atoms with Crippen molar-refractivity contribution in [2.24, 2.45) is 0 Å². The highest BCUT2D eigenvalue weighted by Crippen LogP contribution is 2.35. The lowest BCUT2D eigenvalue weighted by molar-refractivity contribution is 0.0947. The SMILES string of the molecule is CCN(CC)C1=C(S(=O)(=O)N2CCN(C(c3ccccc3)c3ccccc3)CC2)C(=O)c2ccccc2C1=O. The minimum absolute atomic E-state index is 0.0161. The zero-order valence-corrected chi connectivity index (χ0v) is 23.1. The molecule has 0 saturated carbocycles. The van der Waals surface area contributed by atoms with Crippen LogP contribution in [0.2, 0.25) is 0 Å².